The fourth-order valence-corrected chi connectivity index (χ4v) is 3.91. The Kier molecular flexibility index (Phi) is 7.50. The number of ether oxygens (including phenoxy) is 1. The fraction of sp³-hybridized carbons (Fsp3) is 0.481. The van der Waals surface area contributed by atoms with Crippen molar-refractivity contribution in [2.75, 3.05) is 6.61 Å². The summed E-state index contributed by atoms with van der Waals surface area (Å²) in [5.74, 6) is 6.69. The van der Waals surface area contributed by atoms with Gasteiger partial charge in [0, 0.05) is 11.0 Å². The monoisotopic (exact) mass is 376 g/mol. The van der Waals surface area contributed by atoms with Crippen LogP contribution >= 0.6 is 0 Å². The van der Waals surface area contributed by atoms with Crippen LogP contribution in [0.4, 0.5) is 0 Å². The van der Waals surface area contributed by atoms with Crippen molar-refractivity contribution in [1.82, 2.24) is 0 Å². The van der Waals surface area contributed by atoms with Crippen molar-refractivity contribution < 1.29 is 4.74 Å². The zero-order chi connectivity index (χ0) is 20.8. The van der Waals surface area contributed by atoms with E-state index >= 15 is 0 Å². The van der Waals surface area contributed by atoms with Gasteiger partial charge in [0.05, 0.1) is 6.61 Å². The summed E-state index contributed by atoms with van der Waals surface area (Å²) in [7, 11) is 0. The summed E-state index contributed by atoms with van der Waals surface area (Å²) < 4.78 is 5.52. The van der Waals surface area contributed by atoms with E-state index in [9.17, 15) is 0 Å². The fourth-order valence-electron chi connectivity index (χ4n) is 3.91. The maximum atomic E-state index is 5.52. The van der Waals surface area contributed by atoms with Crippen LogP contribution < -0.4 is 0 Å². The molecule has 0 spiro atoms. The standard InChI is InChI=1S/C25H30O.C2H6/c1-6-24(18-26-24)15-14-21-12-13-23(17-20(21)5)25(7-2,8-3)22-11-9-10-19(4)16-22;1-2/h9-13,16-17H,6-8,18H2,1-5H3;1-2H3. The molecule has 1 atom stereocenters. The van der Waals surface area contributed by atoms with Gasteiger partial charge >= 0.3 is 0 Å². The molecule has 2 aromatic rings. The van der Waals surface area contributed by atoms with Crippen LogP contribution in [0.5, 0.6) is 0 Å². The molecular formula is C27H36O. The van der Waals surface area contributed by atoms with Crippen LogP contribution in [0, 0.1) is 25.7 Å². The van der Waals surface area contributed by atoms with E-state index in [2.05, 4.69) is 88.9 Å². The number of hydrogen-bond acceptors (Lipinski definition) is 1. The number of benzene rings is 2. The molecule has 0 radical (unpaired) electrons. The van der Waals surface area contributed by atoms with E-state index in [0.29, 0.717) is 0 Å². The van der Waals surface area contributed by atoms with Crippen molar-refractivity contribution in [3.05, 3.63) is 70.3 Å². The number of hydrogen-bond donors (Lipinski definition) is 0. The minimum absolute atomic E-state index is 0.0625. The van der Waals surface area contributed by atoms with Crippen LogP contribution in [0.15, 0.2) is 42.5 Å². The summed E-state index contributed by atoms with van der Waals surface area (Å²) in [6.45, 7) is 15.8. The molecule has 0 amide bonds. The van der Waals surface area contributed by atoms with Gasteiger partial charge in [-0.25, -0.2) is 0 Å². The average Bonchev–Trinajstić information content (AvgIpc) is 3.51. The second-order valence-corrected chi connectivity index (χ2v) is 7.57. The van der Waals surface area contributed by atoms with E-state index in [1.807, 2.05) is 13.8 Å². The molecule has 0 aromatic heterocycles. The molecular weight excluding hydrogens is 340 g/mol. The molecule has 1 fully saturated rings. The lowest BCUT2D eigenvalue weighted by Gasteiger charge is -2.34. The maximum absolute atomic E-state index is 5.52. The Balaban J connectivity index is 0.00000136. The summed E-state index contributed by atoms with van der Waals surface area (Å²) in [6.07, 6.45) is 3.13. The van der Waals surface area contributed by atoms with E-state index in [4.69, 9.17) is 4.74 Å². The first kappa shape index (κ1) is 22.3. The molecule has 28 heavy (non-hydrogen) atoms. The SMILES string of the molecule is CC.CCC1(C#Cc2ccc(C(CC)(CC)c3cccc(C)c3)cc2C)CO1. The molecule has 1 nitrogen and oxygen atoms in total. The first-order valence-electron chi connectivity index (χ1n) is 10.8. The Bertz CT molecular complexity index is 842. The minimum Gasteiger partial charge on any atom is -0.356 e. The second-order valence-electron chi connectivity index (χ2n) is 7.57. The van der Waals surface area contributed by atoms with Crippen molar-refractivity contribution in [2.45, 2.75) is 78.7 Å². The van der Waals surface area contributed by atoms with E-state index in [1.54, 1.807) is 0 Å². The molecule has 1 aliphatic rings. The molecule has 3 rings (SSSR count). The van der Waals surface area contributed by atoms with Gasteiger partial charge in [0.1, 0.15) is 0 Å². The van der Waals surface area contributed by atoms with Crippen LogP contribution in [0.2, 0.25) is 0 Å². The molecule has 1 saturated heterocycles. The Labute approximate surface area is 172 Å². The third kappa shape index (κ3) is 4.50. The third-order valence-corrected chi connectivity index (χ3v) is 6.05. The number of epoxide rings is 1. The highest BCUT2D eigenvalue weighted by atomic mass is 16.6. The lowest BCUT2D eigenvalue weighted by molar-refractivity contribution is 0.353. The molecule has 1 aliphatic heterocycles. The highest BCUT2D eigenvalue weighted by molar-refractivity contribution is 5.49. The topological polar surface area (TPSA) is 12.5 Å². The van der Waals surface area contributed by atoms with E-state index in [0.717, 1.165) is 31.4 Å². The van der Waals surface area contributed by atoms with Gasteiger partial charge in [-0.2, -0.15) is 0 Å². The van der Waals surface area contributed by atoms with Crippen LogP contribution in [-0.4, -0.2) is 12.2 Å². The molecule has 1 unspecified atom stereocenters. The largest absolute Gasteiger partial charge is 0.356 e. The minimum atomic E-state index is -0.177. The Morgan fingerprint density at radius 1 is 0.964 bits per heavy atom. The predicted octanol–water partition coefficient (Wildman–Crippen LogP) is 6.97. The summed E-state index contributed by atoms with van der Waals surface area (Å²) in [5.41, 5.74) is 6.38. The van der Waals surface area contributed by atoms with Gasteiger partial charge in [0.25, 0.3) is 0 Å². The summed E-state index contributed by atoms with van der Waals surface area (Å²) in [6, 6.07) is 15.8. The normalized spacial score (nSPS) is 17.8. The molecule has 0 aliphatic carbocycles. The van der Waals surface area contributed by atoms with Crippen LogP contribution in [0.1, 0.15) is 81.7 Å². The van der Waals surface area contributed by atoms with E-state index in [-0.39, 0.29) is 11.0 Å². The van der Waals surface area contributed by atoms with Gasteiger partial charge in [-0.05, 0) is 55.9 Å². The zero-order valence-corrected chi connectivity index (χ0v) is 18.8. The molecule has 1 heteroatoms. The lowest BCUT2D eigenvalue weighted by Crippen LogP contribution is -2.26. The van der Waals surface area contributed by atoms with E-state index in [1.165, 1.54) is 22.3 Å². The maximum Gasteiger partial charge on any atom is 0.152 e. The molecule has 0 N–H and O–H groups in total. The zero-order valence-electron chi connectivity index (χ0n) is 18.8. The van der Waals surface area contributed by atoms with Crippen molar-refractivity contribution in [2.24, 2.45) is 0 Å². The smallest absolute Gasteiger partial charge is 0.152 e. The van der Waals surface area contributed by atoms with Crippen LogP contribution in [0.25, 0.3) is 0 Å². The predicted molar refractivity (Wildman–Crippen MR) is 121 cm³/mol. The average molecular weight is 377 g/mol. The first-order valence-corrected chi connectivity index (χ1v) is 10.8. The van der Waals surface area contributed by atoms with Crippen LogP contribution in [0.3, 0.4) is 0 Å². The van der Waals surface area contributed by atoms with Crippen molar-refractivity contribution in [3.8, 4) is 11.8 Å². The molecule has 2 aromatic carbocycles. The van der Waals surface area contributed by atoms with Crippen molar-refractivity contribution >= 4 is 0 Å². The Hall–Kier alpha value is -2.04. The summed E-state index contributed by atoms with van der Waals surface area (Å²) in [5, 5.41) is 0. The van der Waals surface area contributed by atoms with Crippen molar-refractivity contribution in [1.29, 1.82) is 0 Å². The summed E-state index contributed by atoms with van der Waals surface area (Å²) >= 11 is 0. The summed E-state index contributed by atoms with van der Waals surface area (Å²) in [4.78, 5) is 0. The lowest BCUT2D eigenvalue weighted by atomic mass is 9.70. The molecule has 150 valence electrons. The van der Waals surface area contributed by atoms with Gasteiger partial charge in [0.15, 0.2) is 5.60 Å². The quantitative estimate of drug-likeness (QED) is 0.405. The Morgan fingerprint density at radius 2 is 1.61 bits per heavy atom. The third-order valence-electron chi connectivity index (χ3n) is 6.05. The molecule has 0 saturated carbocycles. The van der Waals surface area contributed by atoms with E-state index < -0.39 is 0 Å². The van der Waals surface area contributed by atoms with Crippen molar-refractivity contribution in [3.63, 3.8) is 0 Å². The van der Waals surface area contributed by atoms with Gasteiger partial charge < -0.3 is 4.74 Å². The number of aryl methyl sites for hydroxylation is 2. The highest BCUT2D eigenvalue weighted by Gasteiger charge is 2.41. The van der Waals surface area contributed by atoms with Gasteiger partial charge in [-0.3, -0.25) is 0 Å². The first-order chi connectivity index (χ1) is 13.5. The van der Waals surface area contributed by atoms with Gasteiger partial charge in [-0.1, -0.05) is 88.4 Å². The van der Waals surface area contributed by atoms with Crippen LogP contribution in [-0.2, 0) is 10.2 Å². The highest BCUT2D eigenvalue weighted by Crippen LogP contribution is 2.39. The van der Waals surface area contributed by atoms with Gasteiger partial charge in [0.2, 0.25) is 0 Å². The molecule has 0 bridgehead atoms. The second kappa shape index (κ2) is 9.44. The Morgan fingerprint density at radius 3 is 2.11 bits per heavy atom. The van der Waals surface area contributed by atoms with Gasteiger partial charge in [-0.15, -0.1) is 0 Å². The molecule has 1 heterocycles. The number of rotatable bonds is 5.